The van der Waals surface area contributed by atoms with Crippen molar-refractivity contribution in [2.75, 3.05) is 31.1 Å². The number of hydrogen-bond acceptors (Lipinski definition) is 5. The Balaban J connectivity index is 1.71. The molecule has 0 aromatic heterocycles. The Hall–Kier alpha value is -2.81. The smallest absolute Gasteiger partial charge is 0.416 e. The molecule has 27 heavy (non-hydrogen) atoms. The van der Waals surface area contributed by atoms with Crippen LogP contribution in [0.4, 0.5) is 24.5 Å². The summed E-state index contributed by atoms with van der Waals surface area (Å²) in [6.07, 6.45) is -4.62. The summed E-state index contributed by atoms with van der Waals surface area (Å²) in [5.41, 5.74) is -0.416. The Morgan fingerprint density at radius 1 is 1.07 bits per heavy atom. The minimum Gasteiger partial charge on any atom is -0.508 e. The lowest BCUT2D eigenvalue weighted by Crippen LogP contribution is -2.46. The topological polar surface area (TPSA) is 69.9 Å². The number of benzene rings is 2. The van der Waals surface area contributed by atoms with Crippen molar-refractivity contribution in [1.29, 1.82) is 0 Å². The van der Waals surface area contributed by atoms with Crippen LogP contribution in [0.15, 0.2) is 42.5 Å². The van der Waals surface area contributed by atoms with Crippen LogP contribution >= 0.6 is 0 Å². The third-order valence-electron chi connectivity index (χ3n) is 4.53. The first kappa shape index (κ1) is 19.0. The lowest BCUT2D eigenvalue weighted by Gasteiger charge is -2.35. The fourth-order valence-corrected chi connectivity index (χ4v) is 3.17. The standard InChI is InChI=1S/C18H18F3N3O3/c19-18(20,21)14-4-5-16(17(11-14)24(26)27)23-8-6-22(7-9-23)12-13-2-1-3-15(25)10-13/h1-5,10-11,25H,6-9,12H2. The van der Waals surface area contributed by atoms with Crippen LogP contribution < -0.4 is 4.90 Å². The van der Waals surface area contributed by atoms with Crippen molar-refractivity contribution in [3.05, 3.63) is 63.7 Å². The minimum absolute atomic E-state index is 0.187. The van der Waals surface area contributed by atoms with Crippen molar-refractivity contribution in [3.8, 4) is 5.75 Å². The highest BCUT2D eigenvalue weighted by molar-refractivity contribution is 5.65. The first-order chi connectivity index (χ1) is 12.7. The molecule has 1 saturated heterocycles. The number of halogens is 3. The second-order valence-corrected chi connectivity index (χ2v) is 6.39. The molecule has 1 heterocycles. The van der Waals surface area contributed by atoms with Gasteiger partial charge < -0.3 is 10.0 Å². The molecule has 1 aliphatic rings. The average Bonchev–Trinajstić information content (AvgIpc) is 2.61. The number of piperazine rings is 1. The van der Waals surface area contributed by atoms with Crippen LogP contribution in [0, 0.1) is 10.1 Å². The molecule has 0 unspecified atom stereocenters. The van der Waals surface area contributed by atoms with Gasteiger partial charge in [0.2, 0.25) is 0 Å². The van der Waals surface area contributed by atoms with Crippen LogP contribution in [0.2, 0.25) is 0 Å². The van der Waals surface area contributed by atoms with Crippen molar-refractivity contribution in [2.45, 2.75) is 12.7 Å². The van der Waals surface area contributed by atoms with E-state index in [2.05, 4.69) is 4.90 Å². The third kappa shape index (κ3) is 4.48. The zero-order valence-corrected chi connectivity index (χ0v) is 14.3. The maximum atomic E-state index is 12.8. The SMILES string of the molecule is O=[N+]([O-])c1cc(C(F)(F)F)ccc1N1CCN(Cc2cccc(O)c2)CC1. The Bertz CT molecular complexity index is 834. The minimum atomic E-state index is -4.62. The summed E-state index contributed by atoms with van der Waals surface area (Å²) in [6.45, 7) is 2.76. The summed E-state index contributed by atoms with van der Waals surface area (Å²) in [4.78, 5) is 14.3. The van der Waals surface area contributed by atoms with E-state index in [1.807, 2.05) is 6.07 Å². The summed E-state index contributed by atoms with van der Waals surface area (Å²) >= 11 is 0. The Kier molecular flexibility index (Phi) is 5.22. The van der Waals surface area contributed by atoms with Gasteiger partial charge in [-0.2, -0.15) is 13.2 Å². The van der Waals surface area contributed by atoms with Crippen molar-refractivity contribution in [2.24, 2.45) is 0 Å². The predicted octanol–water partition coefficient (Wildman–Crippen LogP) is 3.64. The molecular weight excluding hydrogens is 363 g/mol. The number of nitro benzene ring substituents is 1. The number of anilines is 1. The van der Waals surface area contributed by atoms with Crippen molar-refractivity contribution < 1.29 is 23.2 Å². The molecule has 3 rings (SSSR count). The van der Waals surface area contributed by atoms with Gasteiger partial charge in [0, 0.05) is 38.8 Å². The van der Waals surface area contributed by atoms with Gasteiger partial charge in [-0.25, -0.2) is 0 Å². The number of hydrogen-bond donors (Lipinski definition) is 1. The van der Waals surface area contributed by atoms with E-state index in [-0.39, 0.29) is 11.4 Å². The van der Waals surface area contributed by atoms with E-state index < -0.39 is 22.4 Å². The summed E-state index contributed by atoms with van der Waals surface area (Å²) in [5.74, 6) is 0.187. The zero-order valence-electron chi connectivity index (χ0n) is 14.3. The molecule has 144 valence electrons. The van der Waals surface area contributed by atoms with Gasteiger partial charge in [-0.05, 0) is 29.8 Å². The molecular formula is C18H18F3N3O3. The van der Waals surface area contributed by atoms with Crippen molar-refractivity contribution >= 4 is 11.4 Å². The molecule has 9 heteroatoms. The highest BCUT2D eigenvalue weighted by Gasteiger charge is 2.34. The quantitative estimate of drug-likeness (QED) is 0.647. The van der Waals surface area contributed by atoms with Crippen molar-refractivity contribution in [3.63, 3.8) is 0 Å². The molecule has 1 aliphatic heterocycles. The van der Waals surface area contributed by atoms with Gasteiger partial charge in [0.25, 0.3) is 5.69 Å². The van der Waals surface area contributed by atoms with Crippen LogP contribution in [0.5, 0.6) is 5.75 Å². The summed E-state index contributed by atoms with van der Waals surface area (Å²) < 4.78 is 38.5. The molecule has 2 aromatic rings. The lowest BCUT2D eigenvalue weighted by atomic mass is 10.1. The largest absolute Gasteiger partial charge is 0.508 e. The van der Waals surface area contributed by atoms with E-state index in [4.69, 9.17) is 0 Å². The number of aromatic hydroxyl groups is 1. The number of alkyl halides is 3. The number of rotatable bonds is 4. The van der Waals surface area contributed by atoms with Gasteiger partial charge in [-0.1, -0.05) is 12.1 Å². The van der Waals surface area contributed by atoms with Gasteiger partial charge >= 0.3 is 6.18 Å². The molecule has 6 nitrogen and oxygen atoms in total. The Labute approximate surface area is 153 Å². The van der Waals surface area contributed by atoms with E-state index in [1.165, 1.54) is 6.07 Å². The van der Waals surface area contributed by atoms with Gasteiger partial charge in [0.1, 0.15) is 11.4 Å². The summed E-state index contributed by atoms with van der Waals surface area (Å²) in [7, 11) is 0. The van der Waals surface area contributed by atoms with Gasteiger partial charge in [-0.3, -0.25) is 15.0 Å². The highest BCUT2D eigenvalue weighted by atomic mass is 19.4. The molecule has 0 saturated carbocycles. The van der Waals surface area contributed by atoms with E-state index in [0.717, 1.165) is 11.6 Å². The number of nitrogens with zero attached hydrogens (tertiary/aromatic N) is 3. The first-order valence-corrected chi connectivity index (χ1v) is 8.35. The molecule has 0 amide bonds. The van der Waals surface area contributed by atoms with Crippen LogP contribution in [0.3, 0.4) is 0 Å². The number of nitro groups is 1. The Morgan fingerprint density at radius 2 is 1.78 bits per heavy atom. The second kappa shape index (κ2) is 7.43. The van der Waals surface area contributed by atoms with Crippen LogP contribution in [-0.4, -0.2) is 41.1 Å². The lowest BCUT2D eigenvalue weighted by molar-refractivity contribution is -0.384. The molecule has 0 bridgehead atoms. The average molecular weight is 381 g/mol. The summed E-state index contributed by atoms with van der Waals surface area (Å²) in [6, 6.07) is 9.55. The monoisotopic (exact) mass is 381 g/mol. The van der Waals surface area contributed by atoms with Gasteiger partial charge in [0.05, 0.1) is 10.5 Å². The molecule has 2 aromatic carbocycles. The fraction of sp³-hybridized carbons (Fsp3) is 0.333. The zero-order chi connectivity index (χ0) is 19.6. The maximum absolute atomic E-state index is 12.8. The van der Waals surface area contributed by atoms with Crippen LogP contribution in [-0.2, 0) is 12.7 Å². The van der Waals surface area contributed by atoms with Gasteiger partial charge in [0.15, 0.2) is 0 Å². The first-order valence-electron chi connectivity index (χ1n) is 8.35. The molecule has 0 aliphatic carbocycles. The third-order valence-corrected chi connectivity index (χ3v) is 4.53. The fourth-order valence-electron chi connectivity index (χ4n) is 3.17. The normalized spacial score (nSPS) is 15.7. The Morgan fingerprint density at radius 3 is 2.37 bits per heavy atom. The van der Waals surface area contributed by atoms with Crippen LogP contribution in [0.25, 0.3) is 0 Å². The summed E-state index contributed by atoms with van der Waals surface area (Å²) in [5, 5.41) is 20.8. The van der Waals surface area contributed by atoms with E-state index >= 15 is 0 Å². The highest BCUT2D eigenvalue weighted by Crippen LogP contribution is 2.36. The van der Waals surface area contributed by atoms with E-state index in [1.54, 1.807) is 23.1 Å². The molecule has 1 fully saturated rings. The number of phenolic OH excluding ortho intramolecular Hbond substituents is 1. The molecule has 1 N–H and O–H groups in total. The number of phenols is 1. The second-order valence-electron chi connectivity index (χ2n) is 6.39. The molecule has 0 spiro atoms. The van der Waals surface area contributed by atoms with E-state index in [0.29, 0.717) is 38.8 Å². The maximum Gasteiger partial charge on any atom is 0.416 e. The van der Waals surface area contributed by atoms with Crippen LogP contribution in [0.1, 0.15) is 11.1 Å². The predicted molar refractivity (Wildman–Crippen MR) is 93.7 cm³/mol. The molecule has 0 atom stereocenters. The van der Waals surface area contributed by atoms with E-state index in [9.17, 15) is 28.4 Å². The van der Waals surface area contributed by atoms with Gasteiger partial charge in [-0.15, -0.1) is 0 Å². The van der Waals surface area contributed by atoms with Crippen molar-refractivity contribution in [1.82, 2.24) is 4.90 Å². The molecule has 0 radical (unpaired) electrons.